The average molecular weight is 265 g/mol. The Labute approximate surface area is 107 Å². The van der Waals surface area contributed by atoms with E-state index in [1.54, 1.807) is 12.1 Å². The summed E-state index contributed by atoms with van der Waals surface area (Å²) in [6.45, 7) is 0. The highest BCUT2D eigenvalue weighted by Gasteiger charge is 2.12. The van der Waals surface area contributed by atoms with Crippen LogP contribution < -0.4 is 4.72 Å². The normalized spacial score (nSPS) is 11.7. The van der Waals surface area contributed by atoms with E-state index in [0.29, 0.717) is 5.69 Å². The van der Waals surface area contributed by atoms with E-state index in [0.717, 1.165) is 9.99 Å². The van der Waals surface area contributed by atoms with Crippen LogP contribution in [0.2, 0.25) is 0 Å². The Morgan fingerprint density at radius 3 is 2.11 bits per heavy atom. The van der Waals surface area contributed by atoms with E-state index in [2.05, 4.69) is 4.72 Å². The third-order valence-corrected chi connectivity index (χ3v) is 3.95. The van der Waals surface area contributed by atoms with Crippen molar-refractivity contribution in [3.05, 3.63) is 48.8 Å². The van der Waals surface area contributed by atoms with Crippen LogP contribution in [0.25, 0.3) is 5.69 Å². The van der Waals surface area contributed by atoms with Crippen molar-refractivity contribution < 1.29 is 8.42 Å². The minimum absolute atomic E-state index is 0.541. The summed E-state index contributed by atoms with van der Waals surface area (Å²) in [7, 11) is -0.476. The van der Waals surface area contributed by atoms with E-state index in [-0.39, 0.29) is 0 Å². The van der Waals surface area contributed by atoms with E-state index in [1.807, 2.05) is 41.2 Å². The monoisotopic (exact) mass is 265 g/mol. The Morgan fingerprint density at radius 1 is 1.06 bits per heavy atom. The SMILES string of the molecule is CN(C)S(=O)(=O)Nc1ccc(-n2cccc2)cc1. The second-order valence-electron chi connectivity index (χ2n) is 4.03. The number of hydrogen-bond donors (Lipinski definition) is 1. The van der Waals surface area contributed by atoms with Gasteiger partial charge in [-0.05, 0) is 36.4 Å². The first-order valence-corrected chi connectivity index (χ1v) is 6.87. The Hall–Kier alpha value is -1.79. The molecule has 1 aromatic heterocycles. The van der Waals surface area contributed by atoms with E-state index < -0.39 is 10.2 Å². The van der Waals surface area contributed by atoms with Crippen molar-refractivity contribution in [1.82, 2.24) is 8.87 Å². The average Bonchev–Trinajstić information content (AvgIpc) is 2.83. The van der Waals surface area contributed by atoms with Crippen LogP contribution in [0.1, 0.15) is 0 Å². The summed E-state index contributed by atoms with van der Waals surface area (Å²) in [6.07, 6.45) is 3.86. The third kappa shape index (κ3) is 2.72. The maximum atomic E-state index is 11.6. The highest BCUT2D eigenvalue weighted by atomic mass is 32.2. The zero-order valence-electron chi connectivity index (χ0n) is 10.2. The number of nitrogens with one attached hydrogen (secondary N) is 1. The Morgan fingerprint density at radius 2 is 1.61 bits per heavy atom. The lowest BCUT2D eigenvalue weighted by atomic mass is 10.3. The number of nitrogens with zero attached hydrogens (tertiary/aromatic N) is 2. The molecule has 0 unspecified atom stereocenters. The van der Waals surface area contributed by atoms with E-state index in [1.165, 1.54) is 14.1 Å². The fourth-order valence-corrected chi connectivity index (χ4v) is 2.06. The molecule has 1 N–H and O–H groups in total. The molecular formula is C12H15N3O2S. The lowest BCUT2D eigenvalue weighted by molar-refractivity contribution is 0.527. The van der Waals surface area contributed by atoms with Gasteiger partial charge >= 0.3 is 10.2 Å². The molecule has 2 rings (SSSR count). The van der Waals surface area contributed by atoms with E-state index in [9.17, 15) is 8.42 Å². The standard InChI is InChI=1S/C12H15N3O2S/c1-14(2)18(16,17)13-11-5-7-12(8-6-11)15-9-3-4-10-15/h3-10,13H,1-2H3. The van der Waals surface area contributed by atoms with Gasteiger partial charge in [0.15, 0.2) is 0 Å². The molecule has 6 heteroatoms. The van der Waals surface area contributed by atoms with Crippen LogP contribution in [0, 0.1) is 0 Å². The first-order chi connectivity index (χ1) is 8.49. The lowest BCUT2D eigenvalue weighted by Gasteiger charge is -2.13. The number of aromatic nitrogens is 1. The predicted molar refractivity (Wildman–Crippen MR) is 72.0 cm³/mol. The molecule has 1 aromatic carbocycles. The van der Waals surface area contributed by atoms with Gasteiger partial charge in [0.25, 0.3) is 0 Å². The lowest BCUT2D eigenvalue weighted by Crippen LogP contribution is -2.28. The van der Waals surface area contributed by atoms with Crippen LogP contribution in [-0.2, 0) is 10.2 Å². The van der Waals surface area contributed by atoms with Crippen LogP contribution in [0.3, 0.4) is 0 Å². The molecule has 2 aromatic rings. The summed E-state index contributed by atoms with van der Waals surface area (Å²) in [5.74, 6) is 0. The highest BCUT2D eigenvalue weighted by molar-refractivity contribution is 7.90. The molecule has 0 saturated heterocycles. The minimum Gasteiger partial charge on any atom is -0.324 e. The summed E-state index contributed by atoms with van der Waals surface area (Å²) in [5, 5.41) is 0. The fourth-order valence-electron chi connectivity index (χ4n) is 1.45. The molecule has 0 saturated carbocycles. The van der Waals surface area contributed by atoms with Crippen LogP contribution in [-0.4, -0.2) is 31.4 Å². The molecular weight excluding hydrogens is 250 g/mol. The maximum absolute atomic E-state index is 11.6. The van der Waals surface area contributed by atoms with Gasteiger partial charge < -0.3 is 4.57 Å². The molecule has 0 aliphatic carbocycles. The van der Waals surface area contributed by atoms with Crippen LogP contribution >= 0.6 is 0 Å². The summed E-state index contributed by atoms with van der Waals surface area (Å²) in [5.41, 5.74) is 1.52. The van der Waals surface area contributed by atoms with Gasteiger partial charge in [0.2, 0.25) is 0 Å². The van der Waals surface area contributed by atoms with Gasteiger partial charge in [0, 0.05) is 37.9 Å². The van der Waals surface area contributed by atoms with Gasteiger partial charge in [0.1, 0.15) is 0 Å². The van der Waals surface area contributed by atoms with Crippen molar-refractivity contribution in [3.8, 4) is 5.69 Å². The van der Waals surface area contributed by atoms with Crippen LogP contribution in [0.4, 0.5) is 5.69 Å². The number of benzene rings is 1. The van der Waals surface area contributed by atoms with Gasteiger partial charge in [-0.25, -0.2) is 0 Å². The van der Waals surface area contributed by atoms with Gasteiger partial charge in [-0.3, -0.25) is 4.72 Å². The summed E-state index contributed by atoms with van der Waals surface area (Å²) >= 11 is 0. The molecule has 0 radical (unpaired) electrons. The molecule has 0 aliphatic heterocycles. The zero-order valence-corrected chi connectivity index (χ0v) is 11.1. The summed E-state index contributed by atoms with van der Waals surface area (Å²) in [6, 6.07) is 11.0. The molecule has 0 amide bonds. The molecule has 5 nitrogen and oxygen atoms in total. The van der Waals surface area contributed by atoms with Crippen molar-refractivity contribution in [2.45, 2.75) is 0 Å². The van der Waals surface area contributed by atoms with E-state index in [4.69, 9.17) is 0 Å². The molecule has 0 aliphatic rings. The van der Waals surface area contributed by atoms with Crippen LogP contribution in [0.5, 0.6) is 0 Å². The molecule has 0 bridgehead atoms. The second kappa shape index (κ2) is 4.83. The highest BCUT2D eigenvalue weighted by Crippen LogP contribution is 2.15. The largest absolute Gasteiger partial charge is 0.324 e. The topological polar surface area (TPSA) is 54.3 Å². The first-order valence-electron chi connectivity index (χ1n) is 5.43. The third-order valence-electron chi connectivity index (χ3n) is 2.50. The second-order valence-corrected chi connectivity index (χ2v) is 5.91. The molecule has 0 spiro atoms. The minimum atomic E-state index is -3.44. The van der Waals surface area contributed by atoms with E-state index >= 15 is 0 Å². The van der Waals surface area contributed by atoms with Gasteiger partial charge in [-0.2, -0.15) is 12.7 Å². The van der Waals surface area contributed by atoms with Crippen molar-refractivity contribution in [2.75, 3.05) is 18.8 Å². The van der Waals surface area contributed by atoms with Crippen molar-refractivity contribution in [2.24, 2.45) is 0 Å². The van der Waals surface area contributed by atoms with Gasteiger partial charge in [-0.1, -0.05) is 0 Å². The molecule has 0 atom stereocenters. The van der Waals surface area contributed by atoms with Crippen molar-refractivity contribution in [3.63, 3.8) is 0 Å². The number of rotatable bonds is 4. The molecule has 96 valence electrons. The zero-order chi connectivity index (χ0) is 13.2. The maximum Gasteiger partial charge on any atom is 0.301 e. The van der Waals surface area contributed by atoms with Crippen molar-refractivity contribution >= 4 is 15.9 Å². The fraction of sp³-hybridized carbons (Fsp3) is 0.167. The number of anilines is 1. The summed E-state index contributed by atoms with van der Waals surface area (Å²) < 4.78 is 28.8. The van der Waals surface area contributed by atoms with Gasteiger partial charge in [-0.15, -0.1) is 0 Å². The summed E-state index contributed by atoms with van der Waals surface area (Å²) in [4.78, 5) is 0. The van der Waals surface area contributed by atoms with Crippen molar-refractivity contribution in [1.29, 1.82) is 0 Å². The quantitative estimate of drug-likeness (QED) is 0.914. The van der Waals surface area contributed by atoms with Crippen LogP contribution in [0.15, 0.2) is 48.8 Å². The molecule has 18 heavy (non-hydrogen) atoms. The Bertz CT molecular complexity index is 601. The Balaban J connectivity index is 2.19. The molecule has 0 fully saturated rings. The predicted octanol–water partition coefficient (Wildman–Crippen LogP) is 1.70. The van der Waals surface area contributed by atoms with Gasteiger partial charge in [0.05, 0.1) is 0 Å². The molecule has 1 heterocycles. The number of hydrogen-bond acceptors (Lipinski definition) is 2. The Kier molecular flexibility index (Phi) is 3.40. The smallest absolute Gasteiger partial charge is 0.301 e. The first kappa shape index (κ1) is 12.7.